The summed E-state index contributed by atoms with van der Waals surface area (Å²) in [5, 5.41) is 0. The summed E-state index contributed by atoms with van der Waals surface area (Å²) in [4.78, 5) is 12.0. The molecule has 0 saturated heterocycles. The van der Waals surface area contributed by atoms with Crippen molar-refractivity contribution < 1.29 is 14.3 Å². The summed E-state index contributed by atoms with van der Waals surface area (Å²) in [5.41, 5.74) is 0.362. The van der Waals surface area contributed by atoms with E-state index in [1.807, 2.05) is 18.2 Å². The van der Waals surface area contributed by atoms with Gasteiger partial charge in [-0.25, -0.2) is 0 Å². The summed E-state index contributed by atoms with van der Waals surface area (Å²) < 4.78 is 11.8. The number of rotatable bonds is 4. The monoisotopic (exact) mass is 312 g/mol. The standard InChI is InChI=1S/C20H24O3/c1-3-20(13-7-8-15(21)14-20)17-11-6-12-18(19(17)22-2)23-16-9-4-5-10-16/h1,6,11-12,16H,4-5,7-10,13-14H2,2H3. The second-order valence-corrected chi connectivity index (χ2v) is 6.66. The molecular formula is C20H24O3. The molecule has 0 N–H and O–H groups in total. The lowest BCUT2D eigenvalue weighted by atomic mass is 9.69. The van der Waals surface area contributed by atoms with Gasteiger partial charge in [-0.2, -0.15) is 0 Å². The summed E-state index contributed by atoms with van der Waals surface area (Å²) in [7, 11) is 1.65. The zero-order chi connectivity index (χ0) is 16.3. The van der Waals surface area contributed by atoms with Gasteiger partial charge >= 0.3 is 0 Å². The van der Waals surface area contributed by atoms with Crippen LogP contribution in [0.4, 0.5) is 0 Å². The van der Waals surface area contributed by atoms with Crippen molar-refractivity contribution in [2.24, 2.45) is 0 Å². The summed E-state index contributed by atoms with van der Waals surface area (Å²) in [6.07, 6.45) is 13.4. The Morgan fingerprint density at radius 2 is 2.04 bits per heavy atom. The van der Waals surface area contributed by atoms with E-state index in [0.717, 1.165) is 37.0 Å². The third-order valence-electron chi connectivity index (χ3n) is 5.13. The zero-order valence-electron chi connectivity index (χ0n) is 13.8. The van der Waals surface area contributed by atoms with Crippen molar-refractivity contribution in [3.63, 3.8) is 0 Å². The highest BCUT2D eigenvalue weighted by molar-refractivity contribution is 5.82. The lowest BCUT2D eigenvalue weighted by Crippen LogP contribution is -2.32. The number of carbonyl (C=O) groups excluding carboxylic acids is 1. The van der Waals surface area contributed by atoms with Gasteiger partial charge in [-0.1, -0.05) is 18.1 Å². The molecule has 122 valence electrons. The van der Waals surface area contributed by atoms with Crippen LogP contribution in [-0.4, -0.2) is 19.0 Å². The topological polar surface area (TPSA) is 35.5 Å². The summed E-state index contributed by atoms with van der Waals surface area (Å²) in [5.74, 6) is 4.59. The average Bonchev–Trinajstić information content (AvgIpc) is 3.07. The van der Waals surface area contributed by atoms with Crippen LogP contribution in [0.15, 0.2) is 18.2 Å². The molecule has 0 aliphatic heterocycles. The normalized spacial score (nSPS) is 25.1. The molecule has 0 aromatic heterocycles. The molecule has 2 fully saturated rings. The van der Waals surface area contributed by atoms with E-state index in [1.165, 1.54) is 12.8 Å². The fourth-order valence-electron chi connectivity index (χ4n) is 3.91. The van der Waals surface area contributed by atoms with Gasteiger partial charge in [-0.3, -0.25) is 4.79 Å². The van der Waals surface area contributed by atoms with Crippen molar-refractivity contribution in [1.82, 2.24) is 0 Å². The molecule has 2 aliphatic carbocycles. The molecule has 2 saturated carbocycles. The first-order chi connectivity index (χ1) is 11.2. The molecule has 1 atom stereocenters. The number of Topliss-reactive ketones (excluding diaryl/α,β-unsaturated/α-hetero) is 1. The maximum atomic E-state index is 12.0. The van der Waals surface area contributed by atoms with Crippen molar-refractivity contribution in [2.45, 2.75) is 62.9 Å². The quantitative estimate of drug-likeness (QED) is 0.787. The number of benzene rings is 1. The Hall–Kier alpha value is -1.95. The van der Waals surface area contributed by atoms with Crippen molar-refractivity contribution in [3.8, 4) is 23.8 Å². The van der Waals surface area contributed by atoms with E-state index >= 15 is 0 Å². The Kier molecular flexibility index (Phi) is 4.61. The smallest absolute Gasteiger partial charge is 0.165 e. The maximum Gasteiger partial charge on any atom is 0.165 e. The number of ketones is 1. The number of para-hydroxylation sites is 1. The van der Waals surface area contributed by atoms with Gasteiger partial charge < -0.3 is 9.47 Å². The number of methoxy groups -OCH3 is 1. The van der Waals surface area contributed by atoms with Crippen LogP contribution < -0.4 is 9.47 Å². The minimum Gasteiger partial charge on any atom is -0.493 e. The number of terminal acetylenes is 1. The van der Waals surface area contributed by atoms with Crippen molar-refractivity contribution in [1.29, 1.82) is 0 Å². The minimum atomic E-state index is -0.560. The molecule has 3 heteroatoms. The van der Waals surface area contributed by atoms with Gasteiger partial charge in [0.25, 0.3) is 0 Å². The highest BCUT2D eigenvalue weighted by Crippen LogP contribution is 2.45. The zero-order valence-corrected chi connectivity index (χ0v) is 13.8. The van der Waals surface area contributed by atoms with Gasteiger partial charge in [0.05, 0.1) is 18.6 Å². The van der Waals surface area contributed by atoms with E-state index in [4.69, 9.17) is 15.9 Å². The second kappa shape index (κ2) is 6.66. The van der Waals surface area contributed by atoms with Crippen molar-refractivity contribution >= 4 is 5.78 Å². The van der Waals surface area contributed by atoms with Crippen LogP contribution in [0.5, 0.6) is 11.5 Å². The predicted octanol–water partition coefficient (Wildman–Crippen LogP) is 4.03. The first-order valence-electron chi connectivity index (χ1n) is 8.52. The maximum absolute atomic E-state index is 12.0. The highest BCUT2D eigenvalue weighted by Gasteiger charge is 2.39. The van der Waals surface area contributed by atoms with Gasteiger partial charge in [0.2, 0.25) is 0 Å². The number of hydrogen-bond donors (Lipinski definition) is 0. The van der Waals surface area contributed by atoms with Gasteiger partial charge in [-0.05, 0) is 44.6 Å². The summed E-state index contributed by atoms with van der Waals surface area (Å²) in [6, 6.07) is 5.88. The highest BCUT2D eigenvalue weighted by atomic mass is 16.5. The third kappa shape index (κ3) is 3.08. The van der Waals surface area contributed by atoms with Crippen LogP contribution in [0.1, 0.15) is 56.9 Å². The molecule has 3 rings (SSSR count). The minimum absolute atomic E-state index is 0.235. The Bertz CT molecular complexity index is 622. The van der Waals surface area contributed by atoms with Crippen molar-refractivity contribution in [3.05, 3.63) is 23.8 Å². The molecule has 0 heterocycles. The number of hydrogen-bond acceptors (Lipinski definition) is 3. The van der Waals surface area contributed by atoms with Gasteiger partial charge in [0.15, 0.2) is 11.5 Å². The Labute approximate surface area is 138 Å². The molecule has 3 nitrogen and oxygen atoms in total. The van der Waals surface area contributed by atoms with Crippen LogP contribution in [0.3, 0.4) is 0 Å². The fraction of sp³-hybridized carbons (Fsp3) is 0.550. The molecule has 23 heavy (non-hydrogen) atoms. The van der Waals surface area contributed by atoms with Crippen molar-refractivity contribution in [2.75, 3.05) is 7.11 Å². The van der Waals surface area contributed by atoms with Gasteiger partial charge in [0.1, 0.15) is 5.78 Å². The number of ether oxygens (including phenoxy) is 2. The molecule has 0 radical (unpaired) electrons. The lowest BCUT2D eigenvalue weighted by molar-refractivity contribution is -0.121. The van der Waals surface area contributed by atoms with Crippen LogP contribution in [0.2, 0.25) is 0 Å². The number of carbonyl (C=O) groups is 1. The van der Waals surface area contributed by atoms with Gasteiger partial charge in [-0.15, -0.1) is 6.42 Å². The van der Waals surface area contributed by atoms with E-state index in [9.17, 15) is 4.79 Å². The molecule has 0 amide bonds. The molecule has 2 aliphatic rings. The third-order valence-corrected chi connectivity index (χ3v) is 5.13. The SMILES string of the molecule is C#CC1(c2cccc(OC3CCCC3)c2OC)CCCC(=O)C1. The van der Waals surface area contributed by atoms with Crippen LogP contribution in [0.25, 0.3) is 0 Å². The van der Waals surface area contributed by atoms with Crippen LogP contribution in [-0.2, 0) is 10.2 Å². The second-order valence-electron chi connectivity index (χ2n) is 6.66. The van der Waals surface area contributed by atoms with Crippen LogP contribution >= 0.6 is 0 Å². The van der Waals surface area contributed by atoms with E-state index in [1.54, 1.807) is 7.11 Å². The largest absolute Gasteiger partial charge is 0.493 e. The first-order valence-corrected chi connectivity index (χ1v) is 8.52. The average molecular weight is 312 g/mol. The Balaban J connectivity index is 1.97. The van der Waals surface area contributed by atoms with E-state index in [0.29, 0.717) is 18.6 Å². The molecule has 0 spiro atoms. The summed E-state index contributed by atoms with van der Waals surface area (Å²) >= 11 is 0. The molecule has 1 aromatic carbocycles. The summed E-state index contributed by atoms with van der Waals surface area (Å²) in [6.45, 7) is 0. The van der Waals surface area contributed by atoms with E-state index in [2.05, 4.69) is 5.92 Å². The lowest BCUT2D eigenvalue weighted by Gasteiger charge is -2.33. The van der Waals surface area contributed by atoms with E-state index < -0.39 is 5.41 Å². The van der Waals surface area contributed by atoms with Gasteiger partial charge in [0, 0.05) is 18.4 Å². The Morgan fingerprint density at radius 3 is 2.70 bits per heavy atom. The van der Waals surface area contributed by atoms with E-state index in [-0.39, 0.29) is 11.9 Å². The molecular weight excluding hydrogens is 288 g/mol. The predicted molar refractivity (Wildman–Crippen MR) is 89.9 cm³/mol. The molecule has 0 bridgehead atoms. The fourth-order valence-corrected chi connectivity index (χ4v) is 3.91. The van der Waals surface area contributed by atoms with Crippen LogP contribution in [0, 0.1) is 12.3 Å². The Morgan fingerprint density at radius 1 is 1.26 bits per heavy atom. The molecule has 1 aromatic rings. The first kappa shape index (κ1) is 15.9. The molecule has 1 unspecified atom stereocenters.